The first kappa shape index (κ1) is 41.9. The molecule has 3 aromatic carbocycles. The summed E-state index contributed by atoms with van der Waals surface area (Å²) in [5.74, 6) is 0.944. The van der Waals surface area contributed by atoms with Gasteiger partial charge in [0.05, 0.1) is 21.8 Å². The smallest absolute Gasteiger partial charge is 0.164 e. The summed E-state index contributed by atoms with van der Waals surface area (Å²) in [5.41, 5.74) is 5.65. The first-order valence-electron chi connectivity index (χ1n) is 18.8. The second-order valence-corrected chi connectivity index (χ2v) is 18.0. The van der Waals surface area contributed by atoms with E-state index in [1.165, 1.54) is 53.3 Å². The molecule has 1 aliphatic heterocycles. The van der Waals surface area contributed by atoms with Crippen molar-refractivity contribution in [3.05, 3.63) is 87.3 Å². The van der Waals surface area contributed by atoms with Gasteiger partial charge in [0.2, 0.25) is 0 Å². The minimum atomic E-state index is -0.337. The number of nitrogens with zero attached hydrogens (tertiary/aromatic N) is 1. The quantitative estimate of drug-likeness (QED) is 0.0834. The van der Waals surface area contributed by atoms with Crippen LogP contribution in [0.15, 0.2) is 64.7 Å². The predicted molar refractivity (Wildman–Crippen MR) is 224 cm³/mol. The van der Waals surface area contributed by atoms with E-state index in [4.69, 9.17) is 4.99 Å². The molecule has 5 aromatic rings. The van der Waals surface area contributed by atoms with Crippen molar-refractivity contribution >= 4 is 70.8 Å². The molecule has 1 radical (unpaired) electrons. The number of aliphatic hydroxyl groups excluding tert-OH is 1. The van der Waals surface area contributed by atoms with E-state index in [1.54, 1.807) is 0 Å². The number of ketones is 1. The molecule has 0 aliphatic carbocycles. The Balaban J connectivity index is 0.000000289. The summed E-state index contributed by atoms with van der Waals surface area (Å²) in [6.07, 6.45) is 5.88. The van der Waals surface area contributed by atoms with Crippen molar-refractivity contribution in [3.63, 3.8) is 0 Å². The van der Waals surface area contributed by atoms with Gasteiger partial charge >= 0.3 is 0 Å². The molecular weight excluding hydrogens is 857 g/mol. The number of carbonyl (C=O) groups excluding carboxylic acids is 1. The number of nitrogens with one attached hydrogen (secondary N) is 1. The van der Waals surface area contributed by atoms with Crippen molar-refractivity contribution in [2.45, 2.75) is 114 Å². The van der Waals surface area contributed by atoms with Crippen molar-refractivity contribution in [1.82, 2.24) is 0 Å². The molecule has 0 unspecified atom stereocenters. The van der Waals surface area contributed by atoms with Gasteiger partial charge in [0.15, 0.2) is 5.78 Å². The van der Waals surface area contributed by atoms with E-state index < -0.39 is 0 Å². The fourth-order valence-electron chi connectivity index (χ4n) is 6.78. The van der Waals surface area contributed by atoms with Gasteiger partial charge in [0, 0.05) is 53.0 Å². The number of anilines is 1. The van der Waals surface area contributed by atoms with Gasteiger partial charge in [-0.1, -0.05) is 117 Å². The van der Waals surface area contributed by atoms with Crippen LogP contribution >= 0.6 is 22.7 Å². The molecule has 3 heterocycles. The second-order valence-electron chi connectivity index (χ2n) is 16.1. The number of aliphatic hydroxyl groups is 1. The second kappa shape index (κ2) is 16.7. The summed E-state index contributed by atoms with van der Waals surface area (Å²) in [6, 6.07) is 19.3. The Bertz CT molecular complexity index is 2100. The zero-order valence-electron chi connectivity index (χ0n) is 33.0. The number of allylic oxidation sites excluding steroid dienone is 2. The fourth-order valence-corrected chi connectivity index (χ4v) is 9.32. The van der Waals surface area contributed by atoms with Gasteiger partial charge in [-0.15, -0.1) is 51.8 Å². The molecule has 2 aromatic heterocycles. The Morgan fingerprint density at radius 2 is 1.56 bits per heavy atom. The zero-order valence-corrected chi connectivity index (χ0v) is 37.0. The number of thiophene rings is 2. The summed E-state index contributed by atoms with van der Waals surface area (Å²) >= 11 is 3.77. The van der Waals surface area contributed by atoms with E-state index >= 15 is 0 Å². The first-order valence-corrected chi connectivity index (χ1v) is 20.5. The van der Waals surface area contributed by atoms with Gasteiger partial charge < -0.3 is 15.4 Å². The predicted octanol–water partition coefficient (Wildman–Crippen LogP) is 13.4. The van der Waals surface area contributed by atoms with Crippen molar-refractivity contribution < 1.29 is 30.0 Å². The van der Waals surface area contributed by atoms with Gasteiger partial charge in [-0.25, -0.2) is 0 Å². The van der Waals surface area contributed by atoms with Crippen LogP contribution in [0.25, 0.3) is 30.9 Å². The SMILES string of the molecule is CC(C)Cc1csc2c1ccc1c3c(sc12)C(c1[c-]c2ccccc2c(C(C)(C)C)c1)=NCN3.CCC(C)(CC)C(=O)/C=C(\O)C(C)(CC)CC.[Ir]. The number of rotatable bonds is 10. The molecule has 0 bridgehead atoms. The third kappa shape index (κ3) is 8.28. The number of carbonyl (C=O) groups is 1. The molecule has 281 valence electrons. The van der Waals surface area contributed by atoms with E-state index in [0.717, 1.165) is 48.8 Å². The molecule has 0 saturated carbocycles. The number of aliphatic imine (C=N–C) groups is 1. The maximum absolute atomic E-state index is 12.2. The van der Waals surface area contributed by atoms with Crippen LogP contribution in [0.3, 0.4) is 0 Å². The molecular formula is C45H57IrN2O2S2-. The van der Waals surface area contributed by atoms with Crippen LogP contribution in [0.5, 0.6) is 0 Å². The molecule has 0 amide bonds. The van der Waals surface area contributed by atoms with Crippen LogP contribution < -0.4 is 5.32 Å². The monoisotopic (exact) mass is 914 g/mol. The third-order valence-corrected chi connectivity index (χ3v) is 13.7. The van der Waals surface area contributed by atoms with Gasteiger partial charge in [0.25, 0.3) is 0 Å². The first-order chi connectivity index (χ1) is 24.1. The Morgan fingerprint density at radius 3 is 2.17 bits per heavy atom. The molecule has 6 rings (SSSR count). The normalized spacial score (nSPS) is 13.8. The largest absolute Gasteiger partial charge is 0.512 e. The van der Waals surface area contributed by atoms with E-state index in [9.17, 15) is 9.90 Å². The van der Waals surface area contributed by atoms with Crippen molar-refractivity contribution in [3.8, 4) is 0 Å². The van der Waals surface area contributed by atoms with Crippen LogP contribution in [0.1, 0.15) is 123 Å². The number of hydrogen-bond donors (Lipinski definition) is 2. The Hall–Kier alpha value is -2.83. The maximum Gasteiger partial charge on any atom is 0.164 e. The fraction of sp³-hybridized carbons (Fsp3) is 0.467. The summed E-state index contributed by atoms with van der Waals surface area (Å²) in [4.78, 5) is 18.4. The van der Waals surface area contributed by atoms with E-state index in [2.05, 4.69) is 93.8 Å². The van der Waals surface area contributed by atoms with Crippen LogP contribution in [0, 0.1) is 22.8 Å². The van der Waals surface area contributed by atoms with Gasteiger partial charge in [-0.2, -0.15) is 0 Å². The maximum atomic E-state index is 12.2. The molecule has 2 N–H and O–H groups in total. The standard InChI is InChI=1S/C30H29N2S2.C15H28O2.Ir/c1-17(2)12-20-15-33-27-22(20)10-11-23-26-29(34-28(23)27)25(31-16-32-26)19-13-18-8-6-7-9-21(18)24(14-19)30(3,4)5;1-7-14(5,8-2)12(16)11-13(17)15(6,9-3)10-4;/h6-11,14-15,17,32H,12,16H2,1-5H3;11,16H,7-10H2,1-6H3;/q-1;;/b;12-11-;. The summed E-state index contributed by atoms with van der Waals surface area (Å²) in [7, 11) is 0. The molecule has 0 fully saturated rings. The van der Waals surface area contributed by atoms with Crippen molar-refractivity contribution in [1.29, 1.82) is 0 Å². The third-order valence-electron chi connectivity index (χ3n) is 11.3. The average Bonchev–Trinajstić information content (AvgIpc) is 3.71. The number of benzene rings is 3. The van der Waals surface area contributed by atoms with Crippen LogP contribution in [-0.2, 0) is 36.7 Å². The van der Waals surface area contributed by atoms with Gasteiger partial charge in [-0.3, -0.25) is 4.79 Å². The Kier molecular flexibility index (Phi) is 13.4. The summed E-state index contributed by atoms with van der Waals surface area (Å²) in [5, 5.41) is 21.2. The molecule has 1 aliphatic rings. The minimum absolute atomic E-state index is 0. The zero-order chi connectivity index (χ0) is 37.3. The molecule has 7 heteroatoms. The van der Waals surface area contributed by atoms with Gasteiger partial charge in [0.1, 0.15) is 5.76 Å². The summed E-state index contributed by atoms with van der Waals surface area (Å²) < 4.78 is 2.79. The minimum Gasteiger partial charge on any atom is -0.512 e. The van der Waals surface area contributed by atoms with Crippen molar-refractivity contribution in [2.75, 3.05) is 12.0 Å². The van der Waals surface area contributed by atoms with Crippen LogP contribution in [-0.4, -0.2) is 23.3 Å². The number of fused-ring (bicyclic) bond motifs is 6. The van der Waals surface area contributed by atoms with E-state index in [-0.39, 0.29) is 47.9 Å². The van der Waals surface area contributed by atoms with E-state index in [0.29, 0.717) is 12.6 Å². The molecule has 4 nitrogen and oxygen atoms in total. The van der Waals surface area contributed by atoms with Crippen LogP contribution in [0.4, 0.5) is 5.69 Å². The average molecular weight is 914 g/mol. The van der Waals surface area contributed by atoms with Crippen LogP contribution in [0.2, 0.25) is 0 Å². The Labute approximate surface area is 333 Å². The Morgan fingerprint density at radius 1 is 0.923 bits per heavy atom. The van der Waals surface area contributed by atoms with E-state index in [1.807, 2.05) is 64.2 Å². The molecule has 0 spiro atoms. The summed E-state index contributed by atoms with van der Waals surface area (Å²) in [6.45, 7) is 24.1. The number of hydrogen-bond acceptors (Lipinski definition) is 6. The van der Waals surface area contributed by atoms with Crippen molar-refractivity contribution in [2.24, 2.45) is 21.7 Å². The molecule has 52 heavy (non-hydrogen) atoms. The molecule has 0 saturated heterocycles. The molecule has 0 atom stereocenters. The van der Waals surface area contributed by atoms with Gasteiger partial charge in [-0.05, 0) is 59.8 Å². The topological polar surface area (TPSA) is 61.7 Å².